The monoisotopic (exact) mass is 319 g/mol. The quantitative estimate of drug-likeness (QED) is 0.441. The molecule has 3 nitrogen and oxygen atoms in total. The zero-order valence-electron chi connectivity index (χ0n) is 11.2. The van der Waals surface area contributed by atoms with Crippen LogP contribution >= 0.6 is 0 Å². The molecule has 0 aliphatic carbocycles. The van der Waals surface area contributed by atoms with Crippen LogP contribution in [-0.2, 0) is 15.9 Å². The van der Waals surface area contributed by atoms with Crippen molar-refractivity contribution in [3.63, 3.8) is 0 Å². The zero-order valence-corrected chi connectivity index (χ0v) is 11.2. The molecule has 0 bridgehead atoms. The van der Waals surface area contributed by atoms with Crippen molar-refractivity contribution in [3.05, 3.63) is 35.9 Å². The molecule has 1 atom stereocenters. The molecule has 22 heavy (non-hydrogen) atoms. The first-order valence-corrected chi connectivity index (χ1v) is 6.20. The summed E-state index contributed by atoms with van der Waals surface area (Å²) < 4.78 is 73.1. The van der Waals surface area contributed by atoms with Gasteiger partial charge in [-0.1, -0.05) is 0 Å². The van der Waals surface area contributed by atoms with Gasteiger partial charge in [0.15, 0.2) is 0 Å². The second-order valence-corrected chi connectivity index (χ2v) is 4.41. The number of benzene rings is 1. The third-order valence-electron chi connectivity index (χ3n) is 2.84. The van der Waals surface area contributed by atoms with E-state index in [2.05, 4.69) is 4.99 Å². The summed E-state index contributed by atoms with van der Waals surface area (Å²) in [7, 11) is 0.106. The van der Waals surface area contributed by atoms with Gasteiger partial charge < -0.3 is 0 Å². The zero-order chi connectivity index (χ0) is 16.8. The van der Waals surface area contributed by atoms with Crippen molar-refractivity contribution in [1.29, 1.82) is 0 Å². The summed E-state index contributed by atoms with van der Waals surface area (Å²) in [4.78, 5) is 14.7. The number of rotatable bonds is 7. The minimum atomic E-state index is -5.99. The van der Waals surface area contributed by atoms with Crippen molar-refractivity contribution < 1.29 is 31.5 Å². The molecule has 1 rings (SSSR count). The van der Waals surface area contributed by atoms with E-state index in [1.54, 1.807) is 30.3 Å². The van der Waals surface area contributed by atoms with Crippen molar-refractivity contribution in [2.45, 2.75) is 31.0 Å². The Morgan fingerprint density at radius 1 is 1.18 bits per heavy atom. The molecule has 0 aliphatic heterocycles. The Bertz CT molecular complexity index is 545. The topological polar surface area (TPSA) is 46.5 Å². The second-order valence-electron chi connectivity index (χ2n) is 4.41. The molecule has 0 aliphatic rings. The predicted octanol–water partition coefficient (Wildman–Crippen LogP) is 2.83. The van der Waals surface area contributed by atoms with Crippen LogP contribution in [-0.4, -0.2) is 37.2 Å². The standard InChI is InChI=1S/C13H11BF5NO2/c15-12(16,13(17,18)19)11(21)10(20-8-14-22)7-6-9-4-2-1-3-5-9/h1-5,8,10H,6-7H2. The number of carbonyl (C=O) groups excluding carboxylic acids is 1. The minimum absolute atomic E-state index is 0.0708. The molecule has 0 saturated heterocycles. The molecule has 0 N–H and O–H groups in total. The van der Waals surface area contributed by atoms with Crippen LogP contribution in [0.4, 0.5) is 22.0 Å². The summed E-state index contributed by atoms with van der Waals surface area (Å²) in [5, 5.41) is 0. The van der Waals surface area contributed by atoms with Gasteiger partial charge in [-0.3, -0.25) is 0 Å². The Morgan fingerprint density at radius 2 is 1.77 bits per heavy atom. The number of aryl methyl sites for hydroxylation is 1. The molecular formula is C13H11BF5NO2. The fourth-order valence-electron chi connectivity index (χ4n) is 1.71. The maximum atomic E-state index is 13.1. The van der Waals surface area contributed by atoms with Gasteiger partial charge >= 0.3 is 122 Å². The third-order valence-corrected chi connectivity index (χ3v) is 2.84. The Balaban J connectivity index is 2.91. The van der Waals surface area contributed by atoms with Crippen LogP contribution in [0.2, 0.25) is 0 Å². The average Bonchev–Trinajstić information content (AvgIpc) is 2.46. The van der Waals surface area contributed by atoms with Crippen molar-refractivity contribution in [3.8, 4) is 0 Å². The van der Waals surface area contributed by atoms with E-state index < -0.39 is 23.9 Å². The number of Topliss-reactive ketones (excluding diaryl/α,β-unsaturated/α-hetero) is 1. The van der Waals surface area contributed by atoms with Crippen LogP contribution in [0.15, 0.2) is 35.3 Å². The molecule has 0 heterocycles. The molecule has 0 spiro atoms. The first-order valence-electron chi connectivity index (χ1n) is 6.20. The summed E-state index contributed by atoms with van der Waals surface area (Å²) in [6.45, 7) is 0. The predicted molar refractivity (Wildman–Crippen MR) is 69.5 cm³/mol. The van der Waals surface area contributed by atoms with E-state index in [0.29, 0.717) is 11.7 Å². The molecule has 0 amide bonds. The number of hydrogen-bond donors (Lipinski definition) is 0. The molecule has 0 saturated carbocycles. The van der Waals surface area contributed by atoms with E-state index in [-0.39, 0.29) is 20.0 Å². The fraction of sp³-hybridized carbons (Fsp3) is 0.385. The number of hydrogen-bond acceptors (Lipinski definition) is 3. The fourth-order valence-corrected chi connectivity index (χ4v) is 1.71. The van der Waals surface area contributed by atoms with Crippen LogP contribution in [0, 0.1) is 0 Å². The summed E-state index contributed by atoms with van der Waals surface area (Å²) >= 11 is 0. The molecule has 9 heteroatoms. The molecule has 1 aromatic rings. The Kier molecular flexibility index (Phi) is 6.07. The van der Waals surface area contributed by atoms with Crippen LogP contribution < -0.4 is 0 Å². The van der Waals surface area contributed by atoms with E-state index in [4.69, 9.17) is 0 Å². The van der Waals surface area contributed by atoms with Gasteiger partial charge in [-0.05, 0) is 0 Å². The molecule has 1 aromatic carbocycles. The van der Waals surface area contributed by atoms with Crippen LogP contribution in [0.5, 0.6) is 0 Å². The molecule has 0 fully saturated rings. The number of carbonyl (C=O) groups is 1. The summed E-state index contributed by atoms with van der Waals surface area (Å²) in [5.41, 5.74) is 0.650. The van der Waals surface area contributed by atoms with Crippen LogP contribution in [0.1, 0.15) is 12.0 Å². The van der Waals surface area contributed by atoms with Gasteiger partial charge in [-0.15, -0.1) is 0 Å². The number of halogens is 5. The van der Waals surface area contributed by atoms with Crippen molar-refractivity contribution in [2.24, 2.45) is 4.99 Å². The molecule has 1 unspecified atom stereocenters. The van der Waals surface area contributed by atoms with Crippen LogP contribution in [0.3, 0.4) is 0 Å². The third kappa shape index (κ3) is 4.54. The maximum absolute atomic E-state index is 13.1. The van der Waals surface area contributed by atoms with E-state index in [9.17, 15) is 31.5 Å². The van der Waals surface area contributed by atoms with Gasteiger partial charge in [0.05, 0.1) is 0 Å². The Morgan fingerprint density at radius 3 is 2.27 bits per heavy atom. The number of nitrogens with zero attached hydrogens (tertiary/aromatic N) is 1. The Hall–Kier alpha value is -1.93. The van der Waals surface area contributed by atoms with Gasteiger partial charge in [-0.25, -0.2) is 0 Å². The van der Waals surface area contributed by atoms with Crippen molar-refractivity contribution in [2.75, 3.05) is 0 Å². The summed E-state index contributed by atoms with van der Waals surface area (Å²) in [6, 6.07) is 6.34. The van der Waals surface area contributed by atoms with Crippen LogP contribution in [0.25, 0.3) is 0 Å². The SMILES string of the molecule is O=BC=NC(CCc1ccccc1)C(=O)C(F)(F)C(F)(F)F. The molecule has 0 aromatic heterocycles. The van der Waals surface area contributed by atoms with E-state index in [0.717, 1.165) is 0 Å². The first kappa shape index (κ1) is 18.1. The van der Waals surface area contributed by atoms with Gasteiger partial charge in [0.1, 0.15) is 0 Å². The van der Waals surface area contributed by atoms with Crippen molar-refractivity contribution >= 4 is 19.0 Å². The molecule has 0 radical (unpaired) electrons. The van der Waals surface area contributed by atoms with E-state index in [1.807, 2.05) is 0 Å². The number of alkyl halides is 5. The van der Waals surface area contributed by atoms with Gasteiger partial charge in [0, 0.05) is 0 Å². The second kappa shape index (κ2) is 7.37. The van der Waals surface area contributed by atoms with E-state index >= 15 is 0 Å². The first-order chi connectivity index (χ1) is 10.2. The molecular weight excluding hydrogens is 308 g/mol. The summed E-state index contributed by atoms with van der Waals surface area (Å²) in [6.07, 6.45) is -5.79. The Labute approximate surface area is 123 Å². The average molecular weight is 319 g/mol. The van der Waals surface area contributed by atoms with E-state index in [1.165, 1.54) is 0 Å². The molecule has 118 valence electrons. The van der Waals surface area contributed by atoms with Crippen molar-refractivity contribution in [1.82, 2.24) is 0 Å². The number of ketones is 1. The number of aliphatic imine (C=N–C) groups is 1. The normalized spacial score (nSPS) is 13.9. The summed E-state index contributed by atoms with van der Waals surface area (Å²) in [5.74, 6) is -7.87. The van der Waals surface area contributed by atoms with Gasteiger partial charge in [-0.2, -0.15) is 0 Å². The van der Waals surface area contributed by atoms with Gasteiger partial charge in [0.25, 0.3) is 0 Å². The van der Waals surface area contributed by atoms with Gasteiger partial charge in [0.2, 0.25) is 0 Å².